The molecule has 20 heavy (non-hydrogen) atoms. The number of piperidine rings is 1. The molecule has 0 spiro atoms. The molecule has 1 aromatic carbocycles. The Hall–Kier alpha value is -0.910. The second-order valence-electron chi connectivity index (χ2n) is 5.84. The summed E-state index contributed by atoms with van der Waals surface area (Å²) in [7, 11) is -3.18. The van der Waals surface area contributed by atoms with Gasteiger partial charge in [-0.3, -0.25) is 0 Å². The second-order valence-corrected chi connectivity index (χ2v) is 7.85. The van der Waals surface area contributed by atoms with Crippen molar-refractivity contribution in [3.8, 4) is 0 Å². The van der Waals surface area contributed by atoms with E-state index in [1.165, 1.54) is 6.26 Å². The van der Waals surface area contributed by atoms with E-state index in [0.29, 0.717) is 4.90 Å². The molecule has 1 aromatic rings. The van der Waals surface area contributed by atoms with Crippen LogP contribution in [0.3, 0.4) is 0 Å². The van der Waals surface area contributed by atoms with Crippen molar-refractivity contribution >= 4 is 9.84 Å². The Morgan fingerprint density at radius 3 is 2.80 bits per heavy atom. The Kier molecular flexibility index (Phi) is 4.52. The van der Waals surface area contributed by atoms with E-state index in [1.54, 1.807) is 18.2 Å². The lowest BCUT2D eigenvalue weighted by atomic mass is 9.83. The van der Waals surface area contributed by atoms with E-state index in [2.05, 4.69) is 11.8 Å². The van der Waals surface area contributed by atoms with Gasteiger partial charge in [0.1, 0.15) is 0 Å². The fraction of sp³-hybridized carbons (Fsp3) is 0.600. The van der Waals surface area contributed by atoms with Crippen molar-refractivity contribution in [2.75, 3.05) is 25.9 Å². The fourth-order valence-electron chi connectivity index (χ4n) is 2.95. The third-order valence-electron chi connectivity index (χ3n) is 3.98. The van der Waals surface area contributed by atoms with Crippen molar-refractivity contribution in [1.82, 2.24) is 4.90 Å². The van der Waals surface area contributed by atoms with E-state index in [4.69, 9.17) is 5.73 Å². The van der Waals surface area contributed by atoms with Crippen LogP contribution in [0.25, 0.3) is 0 Å². The zero-order valence-corrected chi connectivity index (χ0v) is 13.1. The molecule has 1 saturated heterocycles. The number of nitrogens with zero attached hydrogens (tertiary/aromatic N) is 1. The van der Waals surface area contributed by atoms with Gasteiger partial charge in [-0.05, 0) is 50.0 Å². The molecule has 0 saturated carbocycles. The molecular weight excluding hydrogens is 272 g/mol. The molecule has 0 aromatic heterocycles. The highest BCUT2D eigenvalue weighted by Gasteiger charge is 2.33. The second kappa shape index (κ2) is 5.84. The van der Waals surface area contributed by atoms with E-state index in [9.17, 15) is 8.42 Å². The van der Waals surface area contributed by atoms with Crippen LogP contribution in [0.1, 0.15) is 31.7 Å². The SMILES string of the molecule is CCCN1CCCC(N)(c2cccc(S(C)(=O)=O)c2)C1. The van der Waals surface area contributed by atoms with Crippen LogP contribution in [0.4, 0.5) is 0 Å². The maximum atomic E-state index is 11.7. The molecular formula is C15H24N2O2S. The van der Waals surface area contributed by atoms with Gasteiger partial charge in [0.05, 0.1) is 10.4 Å². The van der Waals surface area contributed by atoms with E-state index in [1.807, 2.05) is 6.07 Å². The molecule has 1 unspecified atom stereocenters. The van der Waals surface area contributed by atoms with Crippen LogP contribution in [-0.2, 0) is 15.4 Å². The van der Waals surface area contributed by atoms with Crippen LogP contribution >= 0.6 is 0 Å². The summed E-state index contributed by atoms with van der Waals surface area (Å²) in [6, 6.07) is 7.11. The quantitative estimate of drug-likeness (QED) is 0.919. The number of benzene rings is 1. The third kappa shape index (κ3) is 3.40. The van der Waals surface area contributed by atoms with Gasteiger partial charge >= 0.3 is 0 Å². The summed E-state index contributed by atoms with van der Waals surface area (Å²) in [5, 5.41) is 0. The van der Waals surface area contributed by atoms with Gasteiger partial charge in [-0.1, -0.05) is 19.1 Å². The minimum absolute atomic E-state index is 0.354. The van der Waals surface area contributed by atoms with Gasteiger partial charge in [-0.25, -0.2) is 8.42 Å². The number of sulfone groups is 1. The van der Waals surface area contributed by atoms with Crippen molar-refractivity contribution in [2.45, 2.75) is 36.6 Å². The first-order chi connectivity index (χ1) is 9.35. The maximum absolute atomic E-state index is 11.7. The minimum Gasteiger partial charge on any atom is -0.320 e. The molecule has 1 aliphatic heterocycles. The van der Waals surface area contributed by atoms with E-state index < -0.39 is 15.4 Å². The smallest absolute Gasteiger partial charge is 0.175 e. The van der Waals surface area contributed by atoms with Crippen LogP contribution in [-0.4, -0.2) is 39.2 Å². The molecule has 0 radical (unpaired) electrons. The van der Waals surface area contributed by atoms with Gasteiger partial charge in [0.25, 0.3) is 0 Å². The van der Waals surface area contributed by atoms with Crippen molar-refractivity contribution in [3.05, 3.63) is 29.8 Å². The number of nitrogens with two attached hydrogens (primary N) is 1. The third-order valence-corrected chi connectivity index (χ3v) is 5.09. The average Bonchev–Trinajstić information content (AvgIpc) is 2.38. The first-order valence-electron chi connectivity index (χ1n) is 7.17. The van der Waals surface area contributed by atoms with Gasteiger partial charge < -0.3 is 10.6 Å². The number of hydrogen-bond donors (Lipinski definition) is 1. The van der Waals surface area contributed by atoms with Crippen LogP contribution < -0.4 is 5.73 Å². The largest absolute Gasteiger partial charge is 0.320 e. The molecule has 0 bridgehead atoms. The van der Waals surface area contributed by atoms with Gasteiger partial charge in [-0.2, -0.15) is 0 Å². The van der Waals surface area contributed by atoms with E-state index >= 15 is 0 Å². The molecule has 2 N–H and O–H groups in total. The highest BCUT2D eigenvalue weighted by Crippen LogP contribution is 2.30. The molecule has 0 amide bonds. The molecule has 1 fully saturated rings. The standard InChI is InChI=1S/C15H24N2O2S/c1-3-9-17-10-5-8-15(16,12-17)13-6-4-7-14(11-13)20(2,18)19/h4,6-7,11H,3,5,8-10,12,16H2,1-2H3. The Morgan fingerprint density at radius 1 is 1.40 bits per heavy atom. The number of hydrogen-bond acceptors (Lipinski definition) is 4. The van der Waals surface area contributed by atoms with Crippen LogP contribution in [0, 0.1) is 0 Å². The predicted octanol–water partition coefficient (Wildman–Crippen LogP) is 1.75. The Labute approximate surface area is 121 Å². The lowest BCUT2D eigenvalue weighted by Gasteiger charge is -2.40. The van der Waals surface area contributed by atoms with Crippen molar-refractivity contribution in [3.63, 3.8) is 0 Å². The topological polar surface area (TPSA) is 63.4 Å². The van der Waals surface area contributed by atoms with E-state index in [-0.39, 0.29) is 0 Å². The van der Waals surface area contributed by atoms with Gasteiger partial charge in [0.2, 0.25) is 0 Å². The summed E-state index contributed by atoms with van der Waals surface area (Å²) in [4.78, 5) is 2.73. The lowest BCUT2D eigenvalue weighted by molar-refractivity contribution is 0.149. The van der Waals surface area contributed by atoms with Crippen LogP contribution in [0.5, 0.6) is 0 Å². The zero-order valence-electron chi connectivity index (χ0n) is 12.3. The monoisotopic (exact) mass is 296 g/mol. The zero-order chi connectivity index (χ0) is 14.8. The Bertz CT molecular complexity index is 569. The molecule has 1 atom stereocenters. The molecule has 4 nitrogen and oxygen atoms in total. The summed E-state index contributed by atoms with van der Waals surface area (Å²) in [6.07, 6.45) is 4.30. The van der Waals surface area contributed by atoms with Gasteiger partial charge in [0, 0.05) is 12.8 Å². The summed E-state index contributed by atoms with van der Waals surface area (Å²) in [6.45, 7) is 5.09. The van der Waals surface area contributed by atoms with Crippen molar-refractivity contribution < 1.29 is 8.42 Å². The highest BCUT2D eigenvalue weighted by molar-refractivity contribution is 7.90. The molecule has 112 valence electrons. The maximum Gasteiger partial charge on any atom is 0.175 e. The normalized spacial score (nSPS) is 24.8. The van der Waals surface area contributed by atoms with Gasteiger partial charge in [0.15, 0.2) is 9.84 Å². The summed E-state index contributed by atoms with van der Waals surface area (Å²) in [5.74, 6) is 0. The molecule has 0 aliphatic carbocycles. The summed E-state index contributed by atoms with van der Waals surface area (Å²) >= 11 is 0. The summed E-state index contributed by atoms with van der Waals surface area (Å²) in [5.41, 5.74) is 7.07. The minimum atomic E-state index is -3.18. The van der Waals surface area contributed by atoms with E-state index in [0.717, 1.165) is 44.5 Å². The fourth-order valence-corrected chi connectivity index (χ4v) is 3.62. The average molecular weight is 296 g/mol. The van der Waals surface area contributed by atoms with Crippen molar-refractivity contribution in [1.29, 1.82) is 0 Å². The molecule has 1 aliphatic rings. The number of likely N-dealkylation sites (tertiary alicyclic amines) is 1. The predicted molar refractivity (Wildman–Crippen MR) is 81.4 cm³/mol. The first-order valence-corrected chi connectivity index (χ1v) is 9.06. The molecule has 1 heterocycles. The highest BCUT2D eigenvalue weighted by atomic mass is 32.2. The molecule has 2 rings (SSSR count). The number of rotatable bonds is 4. The Balaban J connectivity index is 2.30. The first kappa shape index (κ1) is 15.5. The lowest BCUT2D eigenvalue weighted by Crippen LogP contribution is -2.52. The van der Waals surface area contributed by atoms with Crippen molar-refractivity contribution in [2.24, 2.45) is 5.73 Å². The van der Waals surface area contributed by atoms with Gasteiger partial charge in [-0.15, -0.1) is 0 Å². The molecule has 5 heteroatoms. The van der Waals surface area contributed by atoms with Crippen LogP contribution in [0.2, 0.25) is 0 Å². The Morgan fingerprint density at radius 2 is 2.15 bits per heavy atom. The summed E-state index contributed by atoms with van der Waals surface area (Å²) < 4.78 is 23.4. The van der Waals surface area contributed by atoms with Crippen LogP contribution in [0.15, 0.2) is 29.2 Å².